The van der Waals surface area contributed by atoms with E-state index < -0.39 is 35.8 Å². The van der Waals surface area contributed by atoms with Crippen molar-refractivity contribution in [2.24, 2.45) is 23.7 Å². The zero-order valence-corrected chi connectivity index (χ0v) is 21.0. The average molecular weight is 500 g/mol. The van der Waals surface area contributed by atoms with Crippen molar-refractivity contribution in [1.29, 1.82) is 0 Å². The van der Waals surface area contributed by atoms with Gasteiger partial charge >= 0.3 is 5.97 Å². The number of esters is 1. The van der Waals surface area contributed by atoms with Gasteiger partial charge in [-0.25, -0.2) is 0 Å². The first-order valence-electron chi connectivity index (χ1n) is 12.9. The molecule has 9 heteroatoms. The number of amides is 2. The Morgan fingerprint density at radius 1 is 1.19 bits per heavy atom. The van der Waals surface area contributed by atoms with Gasteiger partial charge in [0, 0.05) is 32.1 Å². The number of hydrogen-bond donors (Lipinski definition) is 2. The Morgan fingerprint density at radius 3 is 2.58 bits per heavy atom. The largest absolute Gasteiger partial charge is 0.466 e. The van der Waals surface area contributed by atoms with Crippen molar-refractivity contribution in [2.45, 2.75) is 25.9 Å². The molecule has 36 heavy (non-hydrogen) atoms. The second-order valence-corrected chi connectivity index (χ2v) is 9.67. The van der Waals surface area contributed by atoms with Crippen LogP contribution in [0, 0.1) is 23.7 Å². The maximum absolute atomic E-state index is 14.0. The fourth-order valence-corrected chi connectivity index (χ4v) is 5.77. The molecule has 1 aromatic rings. The Labute approximate surface area is 212 Å². The Hall–Kier alpha value is -2.75. The van der Waals surface area contributed by atoms with Crippen LogP contribution in [0.2, 0.25) is 0 Å². The number of aliphatic hydroxyl groups is 1. The molecular weight excluding hydrogens is 462 g/mol. The third-order valence-corrected chi connectivity index (χ3v) is 7.56. The van der Waals surface area contributed by atoms with Gasteiger partial charge in [0.05, 0.1) is 44.3 Å². The summed E-state index contributed by atoms with van der Waals surface area (Å²) in [6.07, 6.45) is 3.80. The van der Waals surface area contributed by atoms with Crippen molar-refractivity contribution in [3.63, 3.8) is 0 Å². The molecular formula is C27H37N3O6. The van der Waals surface area contributed by atoms with Gasteiger partial charge in [-0.05, 0) is 18.4 Å². The molecule has 0 radical (unpaired) electrons. The van der Waals surface area contributed by atoms with Crippen molar-refractivity contribution < 1.29 is 29.0 Å². The lowest BCUT2D eigenvalue weighted by Gasteiger charge is -2.34. The normalized spacial score (nSPS) is 29.0. The van der Waals surface area contributed by atoms with E-state index in [-0.39, 0.29) is 30.9 Å². The maximum atomic E-state index is 14.0. The number of likely N-dealkylation sites (tertiary alicyclic amines) is 1. The van der Waals surface area contributed by atoms with E-state index in [0.717, 1.165) is 18.7 Å². The van der Waals surface area contributed by atoms with Gasteiger partial charge in [0.15, 0.2) is 0 Å². The summed E-state index contributed by atoms with van der Waals surface area (Å²) in [6.45, 7) is 7.62. The number of nitrogens with one attached hydrogen (secondary N) is 1. The number of rotatable bonds is 9. The molecule has 2 fully saturated rings. The van der Waals surface area contributed by atoms with E-state index in [1.807, 2.05) is 49.4 Å². The highest BCUT2D eigenvalue weighted by Gasteiger charge is 2.58. The molecule has 6 atom stereocenters. The molecule has 0 saturated carbocycles. The SMILES string of the molecule is CCOC(=O)[C@H]1[C@H]2C(=O)N([C@H](CO)c3ccccc3)[C@H](C(=O)NCCN3CCOCC3)[C@H]2C=C[C@H]1C. The van der Waals surface area contributed by atoms with Crippen molar-refractivity contribution in [3.05, 3.63) is 48.0 Å². The number of nitrogens with zero attached hydrogens (tertiary/aromatic N) is 2. The van der Waals surface area contributed by atoms with E-state index in [2.05, 4.69) is 10.2 Å². The Kier molecular flexibility index (Phi) is 8.77. The monoisotopic (exact) mass is 499 g/mol. The summed E-state index contributed by atoms with van der Waals surface area (Å²) in [6, 6.07) is 7.67. The molecule has 2 aliphatic heterocycles. The third kappa shape index (κ3) is 5.33. The van der Waals surface area contributed by atoms with E-state index in [1.165, 1.54) is 4.90 Å². The molecule has 9 nitrogen and oxygen atoms in total. The van der Waals surface area contributed by atoms with Crippen LogP contribution in [-0.4, -0.2) is 91.3 Å². The number of benzene rings is 1. The summed E-state index contributed by atoms with van der Waals surface area (Å²) in [5, 5.41) is 13.4. The lowest BCUT2D eigenvalue weighted by molar-refractivity contribution is -0.155. The highest BCUT2D eigenvalue weighted by Crippen LogP contribution is 2.47. The Morgan fingerprint density at radius 2 is 1.92 bits per heavy atom. The summed E-state index contributed by atoms with van der Waals surface area (Å²) in [7, 11) is 0. The zero-order chi connectivity index (χ0) is 25.7. The van der Waals surface area contributed by atoms with Gasteiger partial charge < -0.3 is 24.8 Å². The molecule has 0 bridgehead atoms. The molecule has 2 amide bonds. The van der Waals surface area contributed by atoms with Crippen molar-refractivity contribution >= 4 is 17.8 Å². The van der Waals surface area contributed by atoms with E-state index in [9.17, 15) is 19.5 Å². The number of ether oxygens (including phenoxy) is 2. The lowest BCUT2D eigenvalue weighted by atomic mass is 9.70. The van der Waals surface area contributed by atoms with Crippen molar-refractivity contribution in [3.8, 4) is 0 Å². The number of carbonyl (C=O) groups excluding carboxylic acids is 3. The van der Waals surface area contributed by atoms with Crippen LogP contribution in [0.4, 0.5) is 0 Å². The van der Waals surface area contributed by atoms with Crippen LogP contribution in [0.1, 0.15) is 25.5 Å². The molecule has 2 saturated heterocycles. The molecule has 3 aliphatic rings. The van der Waals surface area contributed by atoms with E-state index in [4.69, 9.17) is 9.47 Å². The molecule has 0 unspecified atom stereocenters. The van der Waals surface area contributed by atoms with Crippen LogP contribution < -0.4 is 5.32 Å². The molecule has 2 N–H and O–H groups in total. The van der Waals surface area contributed by atoms with Crippen LogP contribution in [-0.2, 0) is 23.9 Å². The third-order valence-electron chi connectivity index (χ3n) is 7.56. The van der Waals surface area contributed by atoms with E-state index in [1.54, 1.807) is 6.92 Å². The first-order chi connectivity index (χ1) is 17.5. The highest BCUT2D eigenvalue weighted by atomic mass is 16.5. The second kappa shape index (κ2) is 12.0. The summed E-state index contributed by atoms with van der Waals surface area (Å²) in [5.74, 6) is -3.11. The van der Waals surface area contributed by atoms with Crippen LogP contribution in [0.15, 0.2) is 42.5 Å². The number of carbonyl (C=O) groups is 3. The molecule has 2 heterocycles. The zero-order valence-electron chi connectivity index (χ0n) is 21.0. The smallest absolute Gasteiger partial charge is 0.310 e. The molecule has 0 aromatic heterocycles. The number of hydrogen-bond acceptors (Lipinski definition) is 7. The lowest BCUT2D eigenvalue weighted by Crippen LogP contribution is -2.50. The van der Waals surface area contributed by atoms with Crippen molar-refractivity contribution in [2.75, 3.05) is 52.6 Å². The summed E-state index contributed by atoms with van der Waals surface area (Å²) < 4.78 is 10.7. The van der Waals surface area contributed by atoms with Crippen molar-refractivity contribution in [1.82, 2.24) is 15.1 Å². The highest BCUT2D eigenvalue weighted by molar-refractivity contribution is 5.96. The maximum Gasteiger partial charge on any atom is 0.310 e. The topological polar surface area (TPSA) is 108 Å². The van der Waals surface area contributed by atoms with Gasteiger partial charge in [-0.15, -0.1) is 0 Å². The average Bonchev–Trinajstić information content (AvgIpc) is 3.18. The minimum atomic E-state index is -0.842. The van der Waals surface area contributed by atoms with Crippen LogP contribution in [0.5, 0.6) is 0 Å². The van der Waals surface area contributed by atoms with E-state index in [0.29, 0.717) is 26.3 Å². The number of allylic oxidation sites excluding steroid dienone is 1. The van der Waals surface area contributed by atoms with Crippen LogP contribution in [0.3, 0.4) is 0 Å². The molecule has 0 spiro atoms. The quantitative estimate of drug-likeness (QED) is 0.385. The summed E-state index contributed by atoms with van der Waals surface area (Å²) >= 11 is 0. The predicted octanol–water partition coefficient (Wildman–Crippen LogP) is 0.997. The Bertz CT molecular complexity index is 948. The fraction of sp³-hybridized carbons (Fsp3) is 0.593. The van der Waals surface area contributed by atoms with Crippen LogP contribution in [0.25, 0.3) is 0 Å². The van der Waals surface area contributed by atoms with Gasteiger partial charge in [-0.1, -0.05) is 49.4 Å². The van der Waals surface area contributed by atoms with Gasteiger partial charge in [0.1, 0.15) is 6.04 Å². The molecule has 1 aromatic carbocycles. The standard InChI is InChI=1S/C27H37N3O6/c1-3-36-27(34)22-18(2)9-10-20-23(22)26(33)30(21(17-31)19-7-5-4-6-8-19)24(20)25(32)28-11-12-29-13-15-35-16-14-29/h4-10,18,20-24,31H,3,11-17H2,1-2H3,(H,28,32)/t18-,20+,21-,22-,23+,24+/m1/s1. The number of fused-ring (bicyclic) bond motifs is 1. The number of aliphatic hydroxyl groups excluding tert-OH is 1. The first kappa shape index (κ1) is 26.3. The number of morpholine rings is 1. The molecule has 196 valence electrons. The van der Waals surface area contributed by atoms with Gasteiger partial charge in [-0.3, -0.25) is 19.3 Å². The summed E-state index contributed by atoms with van der Waals surface area (Å²) in [5.41, 5.74) is 0.739. The fourth-order valence-electron chi connectivity index (χ4n) is 5.77. The molecule has 4 rings (SSSR count). The molecule has 1 aliphatic carbocycles. The van der Waals surface area contributed by atoms with Gasteiger partial charge in [0.25, 0.3) is 0 Å². The van der Waals surface area contributed by atoms with Crippen LogP contribution >= 0.6 is 0 Å². The van der Waals surface area contributed by atoms with Gasteiger partial charge in [-0.2, -0.15) is 0 Å². The first-order valence-corrected chi connectivity index (χ1v) is 12.9. The predicted molar refractivity (Wildman–Crippen MR) is 133 cm³/mol. The van der Waals surface area contributed by atoms with E-state index >= 15 is 0 Å². The Balaban J connectivity index is 1.63. The second-order valence-electron chi connectivity index (χ2n) is 9.67. The minimum absolute atomic E-state index is 0.205. The minimum Gasteiger partial charge on any atom is -0.466 e. The van der Waals surface area contributed by atoms with Gasteiger partial charge in [0.2, 0.25) is 11.8 Å². The summed E-state index contributed by atoms with van der Waals surface area (Å²) in [4.78, 5) is 44.3.